The molecular formula is C13H14FN3O. The third kappa shape index (κ3) is 2.88. The fourth-order valence-corrected chi connectivity index (χ4v) is 1.60. The van der Waals surface area contributed by atoms with E-state index in [0.717, 1.165) is 0 Å². The van der Waals surface area contributed by atoms with Gasteiger partial charge in [-0.1, -0.05) is 6.07 Å². The van der Waals surface area contributed by atoms with Crippen LogP contribution < -0.4 is 10.6 Å². The first-order valence-electron chi connectivity index (χ1n) is 5.68. The summed E-state index contributed by atoms with van der Waals surface area (Å²) in [5.74, 6) is -0.292. The van der Waals surface area contributed by atoms with Crippen LogP contribution in [0.25, 0.3) is 5.69 Å². The molecule has 0 spiro atoms. The summed E-state index contributed by atoms with van der Waals surface area (Å²) in [6.07, 6.45) is 3.49. The SMILES string of the molecule is CCNC(=O)Nc1ccn(-c2cccc(F)c2)c1. The van der Waals surface area contributed by atoms with E-state index in [1.165, 1.54) is 12.1 Å². The van der Waals surface area contributed by atoms with Crippen LogP contribution in [0.5, 0.6) is 0 Å². The van der Waals surface area contributed by atoms with Crippen LogP contribution in [-0.2, 0) is 0 Å². The molecule has 0 saturated heterocycles. The van der Waals surface area contributed by atoms with Crippen molar-refractivity contribution in [1.82, 2.24) is 9.88 Å². The molecule has 0 aliphatic rings. The Bertz CT molecular complexity index is 551. The van der Waals surface area contributed by atoms with Gasteiger partial charge in [-0.25, -0.2) is 9.18 Å². The van der Waals surface area contributed by atoms with Gasteiger partial charge in [0.15, 0.2) is 0 Å². The van der Waals surface area contributed by atoms with Gasteiger partial charge in [0.1, 0.15) is 5.82 Å². The highest BCUT2D eigenvalue weighted by Crippen LogP contribution is 2.15. The quantitative estimate of drug-likeness (QED) is 0.860. The molecule has 2 N–H and O–H groups in total. The van der Waals surface area contributed by atoms with Crippen LogP contribution in [0.15, 0.2) is 42.7 Å². The van der Waals surface area contributed by atoms with Crippen LogP contribution in [0.3, 0.4) is 0 Å². The van der Waals surface area contributed by atoms with E-state index in [0.29, 0.717) is 17.9 Å². The van der Waals surface area contributed by atoms with Gasteiger partial charge < -0.3 is 15.2 Å². The number of benzene rings is 1. The summed E-state index contributed by atoms with van der Waals surface area (Å²) < 4.78 is 14.8. The Balaban J connectivity index is 2.13. The Hall–Kier alpha value is -2.30. The molecule has 0 atom stereocenters. The fraction of sp³-hybridized carbons (Fsp3) is 0.154. The number of nitrogens with one attached hydrogen (secondary N) is 2. The molecule has 0 aliphatic carbocycles. The summed E-state index contributed by atoms with van der Waals surface area (Å²) in [6, 6.07) is 7.74. The first-order chi connectivity index (χ1) is 8.69. The molecule has 0 bridgehead atoms. The highest BCUT2D eigenvalue weighted by Gasteiger charge is 2.03. The van der Waals surface area contributed by atoms with Crippen LogP contribution in [0.1, 0.15) is 6.92 Å². The molecule has 1 aromatic heterocycles. The van der Waals surface area contributed by atoms with E-state index in [1.54, 1.807) is 35.2 Å². The zero-order valence-electron chi connectivity index (χ0n) is 9.98. The third-order valence-corrected chi connectivity index (χ3v) is 2.39. The number of aromatic nitrogens is 1. The maximum absolute atomic E-state index is 13.1. The normalized spacial score (nSPS) is 10.1. The van der Waals surface area contributed by atoms with E-state index in [4.69, 9.17) is 0 Å². The second kappa shape index (κ2) is 5.35. The second-order valence-corrected chi connectivity index (χ2v) is 3.77. The summed E-state index contributed by atoms with van der Waals surface area (Å²) in [6.45, 7) is 2.41. The van der Waals surface area contributed by atoms with Gasteiger partial charge in [-0.15, -0.1) is 0 Å². The highest BCUT2D eigenvalue weighted by molar-refractivity contribution is 5.89. The van der Waals surface area contributed by atoms with Crippen molar-refractivity contribution in [2.45, 2.75) is 6.92 Å². The number of hydrogen-bond donors (Lipinski definition) is 2. The minimum Gasteiger partial charge on any atom is -0.338 e. The first-order valence-corrected chi connectivity index (χ1v) is 5.68. The summed E-state index contributed by atoms with van der Waals surface area (Å²) in [5.41, 5.74) is 1.36. The third-order valence-electron chi connectivity index (χ3n) is 2.39. The molecular weight excluding hydrogens is 233 g/mol. The molecule has 4 nitrogen and oxygen atoms in total. The van der Waals surface area contributed by atoms with Gasteiger partial charge in [-0.2, -0.15) is 0 Å². The molecule has 2 aromatic rings. The van der Waals surface area contributed by atoms with E-state index < -0.39 is 0 Å². The van der Waals surface area contributed by atoms with Crippen molar-refractivity contribution in [2.24, 2.45) is 0 Å². The number of amides is 2. The molecule has 2 rings (SSSR count). The Kier molecular flexibility index (Phi) is 3.62. The number of anilines is 1. The molecule has 0 aliphatic heterocycles. The Morgan fingerprint density at radius 3 is 2.94 bits per heavy atom. The molecule has 18 heavy (non-hydrogen) atoms. The average Bonchev–Trinajstić information content (AvgIpc) is 2.78. The standard InChI is InChI=1S/C13H14FN3O/c1-2-15-13(18)16-11-6-7-17(9-11)12-5-3-4-10(14)8-12/h3-9H,2H2,1H3,(H2,15,16,18). The van der Waals surface area contributed by atoms with Crippen LogP contribution >= 0.6 is 0 Å². The fourth-order valence-electron chi connectivity index (χ4n) is 1.60. The largest absolute Gasteiger partial charge is 0.338 e. The van der Waals surface area contributed by atoms with Gasteiger partial charge >= 0.3 is 6.03 Å². The lowest BCUT2D eigenvalue weighted by atomic mass is 10.3. The number of carbonyl (C=O) groups excluding carboxylic acids is 1. The number of carbonyl (C=O) groups is 1. The maximum Gasteiger partial charge on any atom is 0.319 e. The van der Waals surface area contributed by atoms with Crippen LogP contribution in [-0.4, -0.2) is 17.1 Å². The van der Waals surface area contributed by atoms with Crippen LogP contribution in [0.4, 0.5) is 14.9 Å². The topological polar surface area (TPSA) is 46.1 Å². The predicted molar refractivity (Wildman–Crippen MR) is 68.4 cm³/mol. The van der Waals surface area contributed by atoms with E-state index in [2.05, 4.69) is 10.6 Å². The van der Waals surface area contributed by atoms with Crippen molar-refractivity contribution in [3.63, 3.8) is 0 Å². The average molecular weight is 247 g/mol. The molecule has 0 saturated carbocycles. The van der Waals surface area contributed by atoms with E-state index >= 15 is 0 Å². The number of rotatable bonds is 3. The summed E-state index contributed by atoms with van der Waals surface area (Å²) >= 11 is 0. The second-order valence-electron chi connectivity index (χ2n) is 3.77. The Morgan fingerprint density at radius 2 is 2.22 bits per heavy atom. The Labute approximate surface area is 104 Å². The van der Waals surface area contributed by atoms with E-state index in [9.17, 15) is 9.18 Å². The smallest absolute Gasteiger partial charge is 0.319 e. The van der Waals surface area contributed by atoms with Crippen molar-refractivity contribution in [3.8, 4) is 5.69 Å². The lowest BCUT2D eigenvalue weighted by Crippen LogP contribution is -2.27. The van der Waals surface area contributed by atoms with Crippen molar-refractivity contribution >= 4 is 11.7 Å². The molecule has 1 aromatic carbocycles. The predicted octanol–water partition coefficient (Wildman–Crippen LogP) is 2.76. The number of hydrogen-bond acceptors (Lipinski definition) is 1. The van der Waals surface area contributed by atoms with Crippen molar-refractivity contribution in [1.29, 1.82) is 0 Å². The van der Waals surface area contributed by atoms with Gasteiger partial charge in [0.2, 0.25) is 0 Å². The zero-order chi connectivity index (χ0) is 13.0. The minimum atomic E-state index is -0.292. The molecule has 5 heteroatoms. The van der Waals surface area contributed by atoms with Crippen molar-refractivity contribution in [2.75, 3.05) is 11.9 Å². The van der Waals surface area contributed by atoms with Gasteiger partial charge in [0.05, 0.1) is 5.69 Å². The zero-order valence-corrected chi connectivity index (χ0v) is 9.98. The molecule has 2 amide bonds. The summed E-state index contributed by atoms with van der Waals surface area (Å²) in [4.78, 5) is 11.3. The number of urea groups is 1. The summed E-state index contributed by atoms with van der Waals surface area (Å²) in [5, 5.41) is 5.32. The molecule has 0 fully saturated rings. The monoisotopic (exact) mass is 247 g/mol. The number of nitrogens with zero attached hydrogens (tertiary/aromatic N) is 1. The number of halogens is 1. The first kappa shape index (κ1) is 12.2. The Morgan fingerprint density at radius 1 is 1.39 bits per heavy atom. The minimum absolute atomic E-state index is 0.255. The van der Waals surface area contributed by atoms with Gasteiger partial charge in [0, 0.05) is 24.6 Å². The van der Waals surface area contributed by atoms with Crippen molar-refractivity contribution < 1.29 is 9.18 Å². The lowest BCUT2D eigenvalue weighted by Gasteiger charge is -2.04. The van der Waals surface area contributed by atoms with Crippen LogP contribution in [0, 0.1) is 5.82 Å². The van der Waals surface area contributed by atoms with Gasteiger partial charge in [-0.3, -0.25) is 0 Å². The highest BCUT2D eigenvalue weighted by atomic mass is 19.1. The molecule has 1 heterocycles. The van der Waals surface area contributed by atoms with Gasteiger partial charge in [-0.05, 0) is 31.2 Å². The maximum atomic E-state index is 13.1. The van der Waals surface area contributed by atoms with E-state index in [1.807, 2.05) is 6.92 Å². The molecule has 94 valence electrons. The van der Waals surface area contributed by atoms with E-state index in [-0.39, 0.29) is 11.8 Å². The molecule has 0 radical (unpaired) electrons. The van der Waals surface area contributed by atoms with Gasteiger partial charge in [0.25, 0.3) is 0 Å². The molecule has 0 unspecified atom stereocenters. The van der Waals surface area contributed by atoms with Crippen LogP contribution in [0.2, 0.25) is 0 Å². The van der Waals surface area contributed by atoms with Crippen molar-refractivity contribution in [3.05, 3.63) is 48.5 Å². The summed E-state index contributed by atoms with van der Waals surface area (Å²) in [7, 11) is 0. The lowest BCUT2D eigenvalue weighted by molar-refractivity contribution is 0.252.